The second-order valence-corrected chi connectivity index (χ2v) is 6.00. The molecule has 0 aliphatic heterocycles. The summed E-state index contributed by atoms with van der Waals surface area (Å²) in [4.78, 5) is 23.8. The van der Waals surface area contributed by atoms with Gasteiger partial charge >= 0.3 is 0 Å². The maximum atomic E-state index is 11.7. The molecule has 5 nitrogen and oxygen atoms in total. The van der Waals surface area contributed by atoms with Gasteiger partial charge in [-0.2, -0.15) is 11.8 Å². The van der Waals surface area contributed by atoms with Crippen LogP contribution in [0.5, 0.6) is 0 Å². The zero-order valence-electron chi connectivity index (χ0n) is 10.9. The summed E-state index contributed by atoms with van der Waals surface area (Å²) in [5.41, 5.74) is 0. The number of rotatable bonds is 7. The summed E-state index contributed by atoms with van der Waals surface area (Å²) in [6.07, 6.45) is 1.88. The van der Waals surface area contributed by atoms with Gasteiger partial charge in [-0.15, -0.1) is 11.3 Å². The van der Waals surface area contributed by atoms with Gasteiger partial charge in [0.2, 0.25) is 5.91 Å². The third-order valence-electron chi connectivity index (χ3n) is 2.58. The van der Waals surface area contributed by atoms with Crippen LogP contribution in [-0.4, -0.2) is 47.6 Å². The molecule has 0 saturated heterocycles. The number of carbonyl (C=O) groups excluding carboxylic acids is 2. The minimum atomic E-state index is -0.259. The molecule has 2 atom stereocenters. The first-order chi connectivity index (χ1) is 9.08. The van der Waals surface area contributed by atoms with E-state index in [1.165, 1.54) is 23.1 Å². The Morgan fingerprint density at radius 1 is 1.53 bits per heavy atom. The molecule has 1 aromatic heterocycles. The van der Waals surface area contributed by atoms with Crippen molar-refractivity contribution in [1.29, 1.82) is 0 Å². The van der Waals surface area contributed by atoms with Crippen LogP contribution in [0.2, 0.25) is 0 Å². The average molecular weight is 302 g/mol. The Kier molecular flexibility index (Phi) is 6.90. The van der Waals surface area contributed by atoms with Gasteiger partial charge in [0, 0.05) is 11.3 Å². The first kappa shape index (κ1) is 16.0. The molecule has 0 aromatic carbocycles. The number of hydrogen-bond acceptors (Lipinski definition) is 5. The summed E-state index contributed by atoms with van der Waals surface area (Å²) in [5.74, 6) is -0.508. The van der Waals surface area contributed by atoms with E-state index in [-0.39, 0.29) is 36.3 Å². The maximum absolute atomic E-state index is 11.7. The highest BCUT2D eigenvalue weighted by Crippen LogP contribution is 2.10. The number of nitrogens with one attached hydrogen (secondary N) is 2. The summed E-state index contributed by atoms with van der Waals surface area (Å²) >= 11 is 2.82. The molecule has 7 heteroatoms. The first-order valence-corrected chi connectivity index (χ1v) is 8.00. The largest absolute Gasteiger partial charge is 0.395 e. The average Bonchev–Trinajstić information content (AvgIpc) is 2.91. The topological polar surface area (TPSA) is 78.4 Å². The van der Waals surface area contributed by atoms with E-state index in [0.29, 0.717) is 4.88 Å². The van der Waals surface area contributed by atoms with Crippen molar-refractivity contribution in [2.24, 2.45) is 0 Å². The summed E-state index contributed by atoms with van der Waals surface area (Å²) in [6, 6.07) is 3.34. The van der Waals surface area contributed by atoms with Gasteiger partial charge in [0.1, 0.15) is 0 Å². The van der Waals surface area contributed by atoms with Crippen LogP contribution in [-0.2, 0) is 4.79 Å². The predicted molar refractivity (Wildman–Crippen MR) is 78.6 cm³/mol. The van der Waals surface area contributed by atoms with Gasteiger partial charge in [-0.1, -0.05) is 6.07 Å². The number of amides is 2. The van der Waals surface area contributed by atoms with Gasteiger partial charge in [-0.25, -0.2) is 0 Å². The Labute approximate surface area is 120 Å². The van der Waals surface area contributed by atoms with E-state index < -0.39 is 0 Å². The van der Waals surface area contributed by atoms with Crippen LogP contribution in [0.15, 0.2) is 17.5 Å². The van der Waals surface area contributed by atoms with Crippen molar-refractivity contribution in [2.75, 3.05) is 19.4 Å². The third-order valence-corrected chi connectivity index (χ3v) is 4.61. The highest BCUT2D eigenvalue weighted by molar-refractivity contribution is 7.99. The Morgan fingerprint density at radius 2 is 2.26 bits per heavy atom. The van der Waals surface area contributed by atoms with Crippen molar-refractivity contribution in [3.63, 3.8) is 0 Å². The van der Waals surface area contributed by atoms with Gasteiger partial charge in [-0.05, 0) is 24.6 Å². The number of aliphatic hydroxyl groups excluding tert-OH is 1. The Morgan fingerprint density at radius 3 is 2.79 bits per heavy atom. The second-order valence-electron chi connectivity index (χ2n) is 3.97. The molecule has 0 aliphatic rings. The lowest BCUT2D eigenvalue weighted by atomic mass is 10.2. The number of carbonyl (C=O) groups is 2. The molecule has 1 rings (SSSR count). The molecule has 106 valence electrons. The highest BCUT2D eigenvalue weighted by Gasteiger charge is 2.17. The van der Waals surface area contributed by atoms with E-state index in [0.717, 1.165) is 0 Å². The fourth-order valence-electron chi connectivity index (χ4n) is 1.49. The minimum absolute atomic E-state index is 0.00413. The number of thiophene rings is 1. The maximum Gasteiger partial charge on any atom is 0.261 e. The normalized spacial score (nSPS) is 13.6. The Balaban J connectivity index is 2.33. The van der Waals surface area contributed by atoms with E-state index in [2.05, 4.69) is 10.6 Å². The monoisotopic (exact) mass is 302 g/mol. The highest BCUT2D eigenvalue weighted by atomic mass is 32.2. The van der Waals surface area contributed by atoms with Crippen molar-refractivity contribution >= 4 is 34.9 Å². The molecular weight excluding hydrogens is 284 g/mol. The van der Waals surface area contributed by atoms with Crippen LogP contribution in [0.3, 0.4) is 0 Å². The van der Waals surface area contributed by atoms with Crippen LogP contribution < -0.4 is 10.6 Å². The lowest BCUT2D eigenvalue weighted by Crippen LogP contribution is -2.45. The molecule has 0 radical (unpaired) electrons. The van der Waals surface area contributed by atoms with Crippen molar-refractivity contribution in [3.05, 3.63) is 22.4 Å². The van der Waals surface area contributed by atoms with Gasteiger partial charge in [0.05, 0.1) is 18.0 Å². The summed E-state index contributed by atoms with van der Waals surface area (Å²) in [7, 11) is 0. The summed E-state index contributed by atoms with van der Waals surface area (Å²) in [6.45, 7) is 1.77. The lowest BCUT2D eigenvalue weighted by Gasteiger charge is -2.21. The van der Waals surface area contributed by atoms with Crippen molar-refractivity contribution < 1.29 is 14.7 Å². The number of hydrogen-bond donors (Lipinski definition) is 3. The second kappa shape index (κ2) is 8.19. The molecule has 0 saturated carbocycles. The molecule has 0 spiro atoms. The Hall–Kier alpha value is -1.05. The van der Waals surface area contributed by atoms with E-state index in [9.17, 15) is 9.59 Å². The van der Waals surface area contributed by atoms with E-state index in [4.69, 9.17) is 5.11 Å². The van der Waals surface area contributed by atoms with Gasteiger partial charge in [-0.3, -0.25) is 9.59 Å². The molecule has 0 fully saturated rings. The predicted octanol–water partition coefficient (Wildman–Crippen LogP) is 0.707. The summed E-state index contributed by atoms with van der Waals surface area (Å²) in [5, 5.41) is 16.2. The summed E-state index contributed by atoms with van der Waals surface area (Å²) < 4.78 is 0. The van der Waals surface area contributed by atoms with Crippen LogP contribution in [0.4, 0.5) is 0 Å². The molecule has 0 aliphatic carbocycles. The molecular formula is C12H18N2O3S2. The van der Waals surface area contributed by atoms with E-state index in [1.54, 1.807) is 17.5 Å². The van der Waals surface area contributed by atoms with Crippen LogP contribution in [0.25, 0.3) is 0 Å². The molecule has 19 heavy (non-hydrogen) atoms. The molecule has 1 heterocycles. The van der Waals surface area contributed by atoms with E-state index >= 15 is 0 Å². The molecule has 1 aromatic rings. The minimum Gasteiger partial charge on any atom is -0.395 e. The zero-order chi connectivity index (χ0) is 14.3. The third kappa shape index (κ3) is 5.22. The lowest BCUT2D eigenvalue weighted by molar-refractivity contribution is -0.120. The zero-order valence-corrected chi connectivity index (χ0v) is 12.5. The van der Waals surface area contributed by atoms with Crippen molar-refractivity contribution in [1.82, 2.24) is 10.6 Å². The first-order valence-electron chi connectivity index (χ1n) is 5.83. The van der Waals surface area contributed by atoms with Gasteiger partial charge in [0.15, 0.2) is 0 Å². The Bertz CT molecular complexity index is 405. The van der Waals surface area contributed by atoms with Crippen LogP contribution in [0, 0.1) is 0 Å². The van der Waals surface area contributed by atoms with Crippen molar-refractivity contribution in [3.8, 4) is 0 Å². The SMILES string of the molecule is CSC(CO)C(C)NC(=O)CNC(=O)c1cccs1. The smallest absolute Gasteiger partial charge is 0.261 e. The fourth-order valence-corrected chi connectivity index (χ4v) is 2.76. The quantitative estimate of drug-likeness (QED) is 0.693. The molecule has 2 unspecified atom stereocenters. The van der Waals surface area contributed by atoms with Crippen LogP contribution >= 0.6 is 23.1 Å². The number of thioether (sulfide) groups is 1. The fraction of sp³-hybridized carbons (Fsp3) is 0.500. The molecule has 2 amide bonds. The standard InChI is InChI=1S/C12H18N2O3S2/c1-8(10(7-15)18-2)14-11(16)6-13-12(17)9-4-3-5-19-9/h3-5,8,10,15H,6-7H2,1-2H3,(H,13,17)(H,14,16). The van der Waals surface area contributed by atoms with Crippen LogP contribution in [0.1, 0.15) is 16.6 Å². The van der Waals surface area contributed by atoms with Crippen molar-refractivity contribution in [2.45, 2.75) is 18.2 Å². The van der Waals surface area contributed by atoms with Gasteiger partial charge in [0.25, 0.3) is 5.91 Å². The van der Waals surface area contributed by atoms with E-state index in [1.807, 2.05) is 13.2 Å². The number of aliphatic hydroxyl groups is 1. The molecule has 3 N–H and O–H groups in total. The van der Waals surface area contributed by atoms with Gasteiger partial charge < -0.3 is 15.7 Å². The molecule has 0 bridgehead atoms.